The van der Waals surface area contributed by atoms with Crippen LogP contribution in [0.1, 0.15) is 55.6 Å². The molecule has 40 heavy (non-hydrogen) atoms. The summed E-state index contributed by atoms with van der Waals surface area (Å²) in [5.74, 6) is 0. The van der Waals surface area contributed by atoms with E-state index in [1.165, 1.54) is 33.4 Å². The van der Waals surface area contributed by atoms with Crippen molar-refractivity contribution >= 4 is 0 Å². The highest BCUT2D eigenvalue weighted by atomic mass is 14.3. The van der Waals surface area contributed by atoms with Gasteiger partial charge < -0.3 is 0 Å². The molecule has 0 aliphatic rings. The maximum absolute atomic E-state index is 10.3. The Balaban J connectivity index is 1.67. The third-order valence-electron chi connectivity index (χ3n) is 8.15. The molecular formula is C38H32N2. The highest BCUT2D eigenvalue weighted by Crippen LogP contribution is 2.35. The van der Waals surface area contributed by atoms with Crippen molar-refractivity contribution in [2.24, 2.45) is 0 Å². The molecule has 0 aromatic heterocycles. The molecule has 5 aromatic rings. The van der Waals surface area contributed by atoms with Gasteiger partial charge in [-0.05, 0) is 107 Å². The minimum atomic E-state index is 0.486. The molecule has 0 N–H and O–H groups in total. The van der Waals surface area contributed by atoms with Crippen LogP contribution in [0.15, 0.2) is 97.1 Å². The molecule has 194 valence electrons. The molecule has 5 aromatic carbocycles. The first-order valence-corrected chi connectivity index (χ1v) is 13.7. The molecule has 0 saturated heterocycles. The van der Waals surface area contributed by atoms with E-state index < -0.39 is 0 Å². The quantitative estimate of drug-likeness (QED) is 0.226. The second kappa shape index (κ2) is 11.4. The molecule has 0 heterocycles. The number of hydrogen-bond donors (Lipinski definition) is 0. The van der Waals surface area contributed by atoms with Crippen molar-refractivity contribution in [2.45, 2.75) is 40.5 Å². The average molecular weight is 517 g/mol. The number of nitrogens with zero attached hydrogens (tertiary/aromatic N) is 2. The van der Waals surface area contributed by atoms with Gasteiger partial charge in [0, 0.05) is 0 Å². The van der Waals surface area contributed by atoms with Crippen LogP contribution in [0.25, 0.3) is 22.3 Å². The number of rotatable bonds is 6. The van der Waals surface area contributed by atoms with E-state index in [2.05, 4.69) is 130 Å². The van der Waals surface area contributed by atoms with Crippen LogP contribution < -0.4 is 0 Å². The smallest absolute Gasteiger partial charge is 0.101 e. The van der Waals surface area contributed by atoms with Crippen LogP contribution in [0.5, 0.6) is 0 Å². The first kappa shape index (κ1) is 26.7. The number of benzene rings is 5. The summed E-state index contributed by atoms with van der Waals surface area (Å²) in [6.45, 7) is 8.37. The molecule has 0 unspecified atom stereocenters. The monoisotopic (exact) mass is 516 g/mol. The fraction of sp³-hybridized carbons (Fsp3) is 0.158. The van der Waals surface area contributed by atoms with E-state index in [1.807, 2.05) is 6.92 Å². The predicted octanol–water partition coefficient (Wildman–Crippen LogP) is 9.18. The Morgan fingerprint density at radius 2 is 0.850 bits per heavy atom. The second-order valence-electron chi connectivity index (χ2n) is 10.5. The zero-order chi connectivity index (χ0) is 28.2. The van der Waals surface area contributed by atoms with E-state index in [-0.39, 0.29) is 0 Å². The minimum absolute atomic E-state index is 0.486. The van der Waals surface area contributed by atoms with Gasteiger partial charge in [0.2, 0.25) is 0 Å². The van der Waals surface area contributed by atoms with Gasteiger partial charge in [-0.25, -0.2) is 0 Å². The van der Waals surface area contributed by atoms with Crippen LogP contribution in [0.2, 0.25) is 0 Å². The zero-order valence-corrected chi connectivity index (χ0v) is 23.5. The largest absolute Gasteiger partial charge is 0.192 e. The third-order valence-corrected chi connectivity index (χ3v) is 8.15. The second-order valence-corrected chi connectivity index (χ2v) is 10.5. The Hall–Kier alpha value is -4.92. The Kier molecular flexibility index (Phi) is 7.63. The summed E-state index contributed by atoms with van der Waals surface area (Å²) in [6.07, 6.45) is 1.27. The minimum Gasteiger partial charge on any atom is -0.192 e. The molecule has 0 radical (unpaired) electrons. The predicted molar refractivity (Wildman–Crippen MR) is 164 cm³/mol. The van der Waals surface area contributed by atoms with E-state index in [1.54, 1.807) is 0 Å². The molecule has 0 aliphatic carbocycles. The van der Waals surface area contributed by atoms with Gasteiger partial charge in [-0.2, -0.15) is 10.5 Å². The van der Waals surface area contributed by atoms with Gasteiger partial charge in [0.15, 0.2) is 0 Å². The van der Waals surface area contributed by atoms with Crippen molar-refractivity contribution in [3.05, 3.63) is 153 Å². The molecule has 2 heteroatoms. The summed E-state index contributed by atoms with van der Waals surface area (Å²) in [5.41, 5.74) is 14.6. The molecule has 0 bridgehead atoms. The summed E-state index contributed by atoms with van der Waals surface area (Å²) in [7, 11) is 0. The summed E-state index contributed by atoms with van der Waals surface area (Å²) in [6, 6.07) is 38.6. The summed E-state index contributed by atoms with van der Waals surface area (Å²) < 4.78 is 0. The van der Waals surface area contributed by atoms with E-state index >= 15 is 0 Å². The van der Waals surface area contributed by atoms with E-state index in [0.717, 1.165) is 33.4 Å². The van der Waals surface area contributed by atoms with Gasteiger partial charge in [-0.3, -0.25) is 0 Å². The molecule has 0 spiro atoms. The average Bonchev–Trinajstić information content (AvgIpc) is 2.97. The number of hydrogen-bond acceptors (Lipinski definition) is 2. The lowest BCUT2D eigenvalue weighted by molar-refractivity contribution is 1.05. The first-order chi connectivity index (χ1) is 19.4. The molecule has 2 nitrogen and oxygen atoms in total. The molecule has 0 aliphatic heterocycles. The van der Waals surface area contributed by atoms with Crippen LogP contribution in [-0.4, -0.2) is 0 Å². The summed E-state index contributed by atoms with van der Waals surface area (Å²) in [4.78, 5) is 0. The van der Waals surface area contributed by atoms with E-state index in [9.17, 15) is 10.5 Å². The van der Waals surface area contributed by atoms with Gasteiger partial charge in [-0.1, -0.05) is 97.1 Å². The summed E-state index contributed by atoms with van der Waals surface area (Å²) >= 11 is 0. The van der Waals surface area contributed by atoms with Crippen molar-refractivity contribution in [3.63, 3.8) is 0 Å². The Bertz CT molecular complexity index is 1810. The summed E-state index contributed by atoms with van der Waals surface area (Å²) in [5, 5.41) is 20.5. The highest BCUT2D eigenvalue weighted by Gasteiger charge is 2.22. The van der Waals surface area contributed by atoms with Gasteiger partial charge in [0.25, 0.3) is 0 Å². The van der Waals surface area contributed by atoms with Gasteiger partial charge in [-0.15, -0.1) is 0 Å². The standard InChI is InChI=1S/C38H32N2/c1-25-13-5-9-17-31(25)33-19-11-7-15-29(33)21-35-27(3)36(38(24-40)37(23-39)28(35)4)22-30-16-8-12-20-34(30)32-18-10-6-14-26(32)2/h5-20H,21-22H2,1-4H3. The first-order valence-electron chi connectivity index (χ1n) is 13.7. The van der Waals surface area contributed by atoms with Crippen LogP contribution in [0.3, 0.4) is 0 Å². The van der Waals surface area contributed by atoms with Crippen molar-refractivity contribution in [1.29, 1.82) is 10.5 Å². The Morgan fingerprint density at radius 1 is 0.450 bits per heavy atom. The normalized spacial score (nSPS) is 10.7. The fourth-order valence-electron chi connectivity index (χ4n) is 5.89. The topological polar surface area (TPSA) is 47.6 Å². The van der Waals surface area contributed by atoms with Crippen LogP contribution in [0.4, 0.5) is 0 Å². The molecule has 0 amide bonds. The number of aryl methyl sites for hydroxylation is 2. The van der Waals surface area contributed by atoms with Gasteiger partial charge in [0.05, 0.1) is 11.1 Å². The maximum Gasteiger partial charge on any atom is 0.101 e. The van der Waals surface area contributed by atoms with Crippen LogP contribution in [0, 0.1) is 50.4 Å². The molecule has 0 saturated carbocycles. The van der Waals surface area contributed by atoms with Gasteiger partial charge in [0.1, 0.15) is 12.1 Å². The number of nitriles is 2. The van der Waals surface area contributed by atoms with Crippen LogP contribution in [-0.2, 0) is 12.8 Å². The highest BCUT2D eigenvalue weighted by molar-refractivity contribution is 5.73. The van der Waals surface area contributed by atoms with Gasteiger partial charge >= 0.3 is 0 Å². The van der Waals surface area contributed by atoms with E-state index in [4.69, 9.17) is 0 Å². The zero-order valence-electron chi connectivity index (χ0n) is 23.5. The third kappa shape index (κ3) is 4.93. The lowest BCUT2D eigenvalue weighted by Crippen LogP contribution is -2.09. The van der Waals surface area contributed by atoms with Crippen molar-refractivity contribution < 1.29 is 0 Å². The Morgan fingerprint density at radius 3 is 1.30 bits per heavy atom. The SMILES string of the molecule is Cc1ccccc1-c1ccccc1Cc1c(C)c(C#N)c(C#N)c(Cc2ccccc2-c2ccccc2C)c1C. The molecule has 0 atom stereocenters. The maximum atomic E-state index is 10.3. The molecule has 0 fully saturated rings. The lowest BCUT2D eigenvalue weighted by Gasteiger charge is -2.21. The van der Waals surface area contributed by atoms with Crippen LogP contribution >= 0.6 is 0 Å². The van der Waals surface area contributed by atoms with Crippen molar-refractivity contribution in [3.8, 4) is 34.4 Å². The lowest BCUT2D eigenvalue weighted by atomic mass is 9.81. The van der Waals surface area contributed by atoms with E-state index in [0.29, 0.717) is 24.0 Å². The molecule has 5 rings (SSSR count). The molecular weight excluding hydrogens is 484 g/mol. The van der Waals surface area contributed by atoms with Crippen molar-refractivity contribution in [2.75, 3.05) is 0 Å². The fourth-order valence-corrected chi connectivity index (χ4v) is 5.89. The van der Waals surface area contributed by atoms with Crippen molar-refractivity contribution in [1.82, 2.24) is 0 Å². The Labute approximate surface area is 237 Å².